The molecule has 7 heteroatoms. The minimum atomic E-state index is -0.239. The van der Waals surface area contributed by atoms with Gasteiger partial charge in [-0.3, -0.25) is 10.1 Å². The molecule has 1 aromatic carbocycles. The van der Waals surface area contributed by atoms with Crippen LogP contribution in [0, 0.1) is 6.92 Å². The molecule has 2 rings (SSSR count). The van der Waals surface area contributed by atoms with Crippen LogP contribution < -0.4 is 5.32 Å². The van der Waals surface area contributed by atoms with Gasteiger partial charge in [-0.05, 0) is 47.5 Å². The lowest BCUT2D eigenvalue weighted by atomic mass is 10.1. The van der Waals surface area contributed by atoms with Gasteiger partial charge in [-0.2, -0.15) is 0 Å². The molecule has 0 saturated heterocycles. The molecule has 0 atom stereocenters. The van der Waals surface area contributed by atoms with E-state index >= 15 is 0 Å². The summed E-state index contributed by atoms with van der Waals surface area (Å²) in [4.78, 5) is 16.3. The molecule has 20 heavy (non-hydrogen) atoms. The highest BCUT2D eigenvalue weighted by Gasteiger charge is 2.13. The summed E-state index contributed by atoms with van der Waals surface area (Å²) in [7, 11) is 0. The zero-order valence-corrected chi connectivity index (χ0v) is 13.2. The summed E-state index contributed by atoms with van der Waals surface area (Å²) < 4.78 is 0.736. The zero-order valence-electron chi connectivity index (χ0n) is 10.8. The summed E-state index contributed by atoms with van der Waals surface area (Å²) in [6.07, 6.45) is 0. The molecule has 0 unspecified atom stereocenters. The Hall–Kier alpha value is -1.73. The van der Waals surface area contributed by atoms with Gasteiger partial charge in [0.25, 0.3) is 5.91 Å². The van der Waals surface area contributed by atoms with Crippen LogP contribution in [0.25, 0.3) is 0 Å². The Balaban J connectivity index is 2.17. The van der Waals surface area contributed by atoms with Crippen molar-refractivity contribution in [2.45, 2.75) is 13.8 Å². The number of carbonyl (C=O) groups excluding carboxylic acids is 1. The molecule has 5 nitrogen and oxygen atoms in total. The molecule has 2 aromatic rings. The molecule has 2 N–H and O–H groups in total. The second-order valence-electron chi connectivity index (χ2n) is 4.16. The van der Waals surface area contributed by atoms with Crippen molar-refractivity contribution in [3.8, 4) is 0 Å². The normalized spacial score (nSPS) is 11.4. The summed E-state index contributed by atoms with van der Waals surface area (Å²) in [5.41, 5.74) is 2.55. The fraction of sp³-hybridized carbons (Fsp3) is 0.154. The van der Waals surface area contributed by atoms with Gasteiger partial charge < -0.3 is 5.21 Å². The van der Waals surface area contributed by atoms with E-state index in [1.54, 1.807) is 18.4 Å². The maximum absolute atomic E-state index is 12.1. The highest BCUT2D eigenvalue weighted by atomic mass is 79.9. The van der Waals surface area contributed by atoms with Crippen molar-refractivity contribution in [3.05, 3.63) is 44.9 Å². The maximum atomic E-state index is 12.1. The van der Waals surface area contributed by atoms with Crippen molar-refractivity contribution in [3.63, 3.8) is 0 Å². The first-order valence-corrected chi connectivity index (χ1v) is 7.40. The third-order valence-corrected chi connectivity index (χ3v) is 4.03. The predicted octanol–water partition coefficient (Wildman–Crippen LogP) is 3.66. The highest BCUT2D eigenvalue weighted by Crippen LogP contribution is 2.21. The Morgan fingerprint density at radius 1 is 1.50 bits per heavy atom. The van der Waals surface area contributed by atoms with Crippen LogP contribution in [-0.2, 0) is 0 Å². The number of aryl methyl sites for hydroxylation is 1. The molecule has 0 fully saturated rings. The molecule has 0 aliphatic rings. The van der Waals surface area contributed by atoms with Crippen LogP contribution in [0.2, 0.25) is 0 Å². The first-order chi connectivity index (χ1) is 9.51. The van der Waals surface area contributed by atoms with Crippen LogP contribution in [0.5, 0.6) is 0 Å². The molecule has 0 spiro atoms. The average Bonchev–Trinajstić information content (AvgIpc) is 2.86. The van der Waals surface area contributed by atoms with E-state index in [9.17, 15) is 4.79 Å². The smallest absolute Gasteiger partial charge is 0.258 e. The van der Waals surface area contributed by atoms with Gasteiger partial charge in [0.1, 0.15) is 11.4 Å². The summed E-state index contributed by atoms with van der Waals surface area (Å²) in [5, 5.41) is 16.6. The van der Waals surface area contributed by atoms with Crippen molar-refractivity contribution in [2.75, 3.05) is 5.32 Å². The number of nitrogens with one attached hydrogen (secondary N) is 1. The van der Waals surface area contributed by atoms with Gasteiger partial charge in [-0.25, -0.2) is 4.98 Å². The number of hydrogen-bond donors (Lipinski definition) is 2. The first-order valence-electron chi connectivity index (χ1n) is 5.73. The summed E-state index contributed by atoms with van der Waals surface area (Å²) in [6.45, 7) is 3.59. The number of aromatic nitrogens is 1. The van der Waals surface area contributed by atoms with Gasteiger partial charge in [-0.1, -0.05) is 11.2 Å². The number of nitrogens with zero attached hydrogens (tertiary/aromatic N) is 2. The number of anilines is 1. The Bertz CT molecular complexity index is 682. The molecule has 0 aliphatic carbocycles. The fourth-order valence-electron chi connectivity index (χ4n) is 1.52. The molecule has 0 bridgehead atoms. The SMILES string of the molecule is C/C(=N/O)c1csc(NC(=O)c2ccc(C)cc2Br)n1. The van der Waals surface area contributed by atoms with Gasteiger partial charge >= 0.3 is 0 Å². The molecular weight excluding hydrogens is 342 g/mol. The van der Waals surface area contributed by atoms with Crippen molar-refractivity contribution in [1.29, 1.82) is 0 Å². The van der Waals surface area contributed by atoms with Crippen LogP contribution in [0.3, 0.4) is 0 Å². The van der Waals surface area contributed by atoms with Crippen LogP contribution in [0.15, 0.2) is 33.2 Å². The number of amides is 1. The van der Waals surface area contributed by atoms with Gasteiger partial charge in [0.05, 0.1) is 5.56 Å². The van der Waals surface area contributed by atoms with Crippen molar-refractivity contribution < 1.29 is 10.0 Å². The van der Waals surface area contributed by atoms with E-state index in [1.165, 1.54) is 11.3 Å². The van der Waals surface area contributed by atoms with Crippen LogP contribution in [0.4, 0.5) is 5.13 Å². The summed E-state index contributed by atoms with van der Waals surface area (Å²) >= 11 is 4.65. The van der Waals surface area contributed by atoms with E-state index < -0.39 is 0 Å². The average molecular weight is 354 g/mol. The molecule has 0 saturated carbocycles. The van der Waals surface area contributed by atoms with Gasteiger partial charge in [0.2, 0.25) is 0 Å². The van der Waals surface area contributed by atoms with Crippen LogP contribution in [0.1, 0.15) is 28.5 Å². The number of rotatable bonds is 3. The fourth-order valence-corrected chi connectivity index (χ4v) is 2.94. The first kappa shape index (κ1) is 14.7. The molecule has 0 aliphatic heterocycles. The number of oxime groups is 1. The topological polar surface area (TPSA) is 74.6 Å². The minimum Gasteiger partial charge on any atom is -0.411 e. The summed E-state index contributed by atoms with van der Waals surface area (Å²) in [5.74, 6) is -0.239. The second-order valence-corrected chi connectivity index (χ2v) is 5.87. The molecule has 0 radical (unpaired) electrons. The Morgan fingerprint density at radius 2 is 2.25 bits per heavy atom. The van der Waals surface area contributed by atoms with E-state index in [0.29, 0.717) is 22.1 Å². The van der Waals surface area contributed by atoms with E-state index in [2.05, 4.69) is 31.4 Å². The Morgan fingerprint density at radius 3 is 2.90 bits per heavy atom. The molecule has 1 heterocycles. The number of benzene rings is 1. The quantitative estimate of drug-likeness (QED) is 0.502. The number of thiazole rings is 1. The van der Waals surface area contributed by atoms with Gasteiger partial charge in [-0.15, -0.1) is 11.3 Å². The molecular formula is C13H12BrN3O2S. The molecule has 1 amide bonds. The Labute approximate surface area is 128 Å². The van der Waals surface area contributed by atoms with Gasteiger partial charge in [0.15, 0.2) is 5.13 Å². The third-order valence-electron chi connectivity index (χ3n) is 2.61. The lowest BCUT2D eigenvalue weighted by molar-refractivity contribution is 0.102. The largest absolute Gasteiger partial charge is 0.411 e. The molecule has 104 valence electrons. The Kier molecular flexibility index (Phi) is 4.51. The van der Waals surface area contributed by atoms with Crippen molar-refractivity contribution >= 4 is 44.0 Å². The van der Waals surface area contributed by atoms with E-state index in [0.717, 1.165) is 10.0 Å². The lowest BCUT2D eigenvalue weighted by Crippen LogP contribution is -2.12. The number of carbonyl (C=O) groups is 1. The van der Waals surface area contributed by atoms with E-state index in [1.807, 2.05) is 19.1 Å². The van der Waals surface area contributed by atoms with Crippen LogP contribution in [-0.4, -0.2) is 21.8 Å². The lowest BCUT2D eigenvalue weighted by Gasteiger charge is -2.05. The van der Waals surface area contributed by atoms with Crippen molar-refractivity contribution in [2.24, 2.45) is 5.16 Å². The predicted molar refractivity (Wildman–Crippen MR) is 82.9 cm³/mol. The molecule has 1 aromatic heterocycles. The standard InChI is InChI=1S/C13H12BrN3O2S/c1-7-3-4-9(10(14)5-7)12(18)16-13-15-11(6-20-13)8(2)17-19/h3-6,19H,1-2H3,(H,15,16,18)/b17-8-. The maximum Gasteiger partial charge on any atom is 0.258 e. The summed E-state index contributed by atoms with van der Waals surface area (Å²) in [6, 6.07) is 5.50. The number of halogens is 1. The monoisotopic (exact) mass is 353 g/mol. The van der Waals surface area contributed by atoms with Gasteiger partial charge in [0, 0.05) is 9.85 Å². The highest BCUT2D eigenvalue weighted by molar-refractivity contribution is 9.10. The van der Waals surface area contributed by atoms with E-state index in [-0.39, 0.29) is 5.91 Å². The van der Waals surface area contributed by atoms with Crippen molar-refractivity contribution in [1.82, 2.24) is 4.98 Å². The third kappa shape index (κ3) is 3.23. The number of hydrogen-bond acceptors (Lipinski definition) is 5. The van der Waals surface area contributed by atoms with E-state index in [4.69, 9.17) is 5.21 Å². The zero-order chi connectivity index (χ0) is 14.7. The van der Waals surface area contributed by atoms with Crippen LogP contribution >= 0.6 is 27.3 Å². The minimum absolute atomic E-state index is 0.239. The second kappa shape index (κ2) is 6.15.